The largest absolute Gasteiger partial charge is 0.480 e. The first-order valence-electron chi connectivity index (χ1n) is 11.1. The summed E-state index contributed by atoms with van der Waals surface area (Å²) in [5, 5.41) is 17.0. The molecule has 35 heavy (non-hydrogen) atoms. The number of nitrogens with two attached hydrogens (primary N) is 1. The van der Waals surface area contributed by atoms with Gasteiger partial charge in [0.1, 0.15) is 18.1 Å². The van der Waals surface area contributed by atoms with Gasteiger partial charge in [-0.2, -0.15) is 12.6 Å². The molecule has 0 spiro atoms. The Labute approximate surface area is 209 Å². The SMILES string of the molecule is CC(C)C(NC(=O)C(CS)NC(=O)C(Cc1ccccc1)NC(=O)C(N)Cc1cnc[nH]1)C(=O)O. The van der Waals surface area contributed by atoms with E-state index in [1.807, 2.05) is 6.07 Å². The van der Waals surface area contributed by atoms with Gasteiger partial charge in [-0.25, -0.2) is 9.78 Å². The maximum absolute atomic E-state index is 13.1. The van der Waals surface area contributed by atoms with E-state index in [0.717, 1.165) is 5.56 Å². The number of hydrogen-bond acceptors (Lipinski definition) is 7. The van der Waals surface area contributed by atoms with E-state index in [2.05, 4.69) is 38.5 Å². The number of carboxylic acid groups (broad SMARTS) is 1. The first-order chi connectivity index (χ1) is 16.6. The molecule has 3 amide bonds. The maximum Gasteiger partial charge on any atom is 0.326 e. The summed E-state index contributed by atoms with van der Waals surface area (Å²) in [6.45, 7) is 3.32. The van der Waals surface area contributed by atoms with E-state index in [0.29, 0.717) is 5.69 Å². The number of aromatic nitrogens is 2. The van der Waals surface area contributed by atoms with Gasteiger partial charge >= 0.3 is 5.97 Å². The van der Waals surface area contributed by atoms with Crippen molar-refractivity contribution in [1.29, 1.82) is 0 Å². The first kappa shape index (κ1) is 27.9. The van der Waals surface area contributed by atoms with Crippen molar-refractivity contribution in [3.05, 3.63) is 54.1 Å². The highest BCUT2D eigenvalue weighted by Gasteiger charge is 2.31. The Kier molecular flexibility index (Phi) is 10.7. The molecule has 7 N–H and O–H groups in total. The van der Waals surface area contributed by atoms with E-state index in [4.69, 9.17) is 5.73 Å². The number of nitrogens with zero attached hydrogens (tertiary/aromatic N) is 1. The average Bonchev–Trinajstić information content (AvgIpc) is 3.33. The summed E-state index contributed by atoms with van der Waals surface area (Å²) in [5.41, 5.74) is 7.47. The third-order valence-electron chi connectivity index (χ3n) is 5.29. The smallest absolute Gasteiger partial charge is 0.326 e. The topological polar surface area (TPSA) is 179 Å². The predicted octanol–water partition coefficient (Wildman–Crippen LogP) is -0.353. The number of benzene rings is 1. The number of carbonyl (C=O) groups excluding carboxylic acids is 3. The number of thiol groups is 1. The second-order valence-corrected chi connectivity index (χ2v) is 8.82. The predicted molar refractivity (Wildman–Crippen MR) is 133 cm³/mol. The summed E-state index contributed by atoms with van der Waals surface area (Å²) in [6.07, 6.45) is 3.38. The van der Waals surface area contributed by atoms with Crippen LogP contribution in [0, 0.1) is 5.92 Å². The van der Waals surface area contributed by atoms with Gasteiger partial charge in [0.25, 0.3) is 0 Å². The van der Waals surface area contributed by atoms with Gasteiger partial charge in [-0.15, -0.1) is 0 Å². The highest BCUT2D eigenvalue weighted by molar-refractivity contribution is 7.80. The Morgan fingerprint density at radius 3 is 2.17 bits per heavy atom. The molecule has 1 aromatic heterocycles. The highest BCUT2D eigenvalue weighted by atomic mass is 32.1. The zero-order valence-electron chi connectivity index (χ0n) is 19.6. The van der Waals surface area contributed by atoms with E-state index < -0.39 is 47.9 Å². The molecule has 4 unspecified atom stereocenters. The molecule has 2 aromatic rings. The summed E-state index contributed by atoms with van der Waals surface area (Å²) in [7, 11) is 0. The zero-order valence-corrected chi connectivity index (χ0v) is 20.5. The summed E-state index contributed by atoms with van der Waals surface area (Å²) in [6, 6.07) is 4.84. The molecular formula is C23H32N6O5S. The normalized spacial score (nSPS) is 14.4. The number of nitrogens with one attached hydrogen (secondary N) is 4. The lowest BCUT2D eigenvalue weighted by molar-refractivity contribution is -0.143. The second kappa shape index (κ2) is 13.5. The monoisotopic (exact) mass is 504 g/mol. The number of H-pyrrole nitrogens is 1. The fraction of sp³-hybridized carbons (Fsp3) is 0.435. The van der Waals surface area contributed by atoms with Crippen molar-refractivity contribution in [1.82, 2.24) is 25.9 Å². The third-order valence-corrected chi connectivity index (χ3v) is 5.66. The zero-order chi connectivity index (χ0) is 26.0. The van der Waals surface area contributed by atoms with Crippen molar-refractivity contribution in [3.63, 3.8) is 0 Å². The van der Waals surface area contributed by atoms with Crippen LogP contribution in [0.2, 0.25) is 0 Å². The summed E-state index contributed by atoms with van der Waals surface area (Å²) < 4.78 is 0. The van der Waals surface area contributed by atoms with Crippen molar-refractivity contribution in [2.24, 2.45) is 11.7 Å². The molecule has 0 bridgehead atoms. The van der Waals surface area contributed by atoms with Crippen molar-refractivity contribution < 1.29 is 24.3 Å². The van der Waals surface area contributed by atoms with Crippen molar-refractivity contribution in [3.8, 4) is 0 Å². The maximum atomic E-state index is 13.1. The number of rotatable bonds is 13. The number of carboxylic acids is 1. The van der Waals surface area contributed by atoms with E-state index in [-0.39, 0.29) is 24.5 Å². The second-order valence-electron chi connectivity index (χ2n) is 8.45. The fourth-order valence-electron chi connectivity index (χ4n) is 3.30. The quantitative estimate of drug-likeness (QED) is 0.182. The molecule has 11 nitrogen and oxygen atoms in total. The van der Waals surface area contributed by atoms with Crippen LogP contribution in [0.1, 0.15) is 25.1 Å². The Morgan fingerprint density at radius 2 is 1.63 bits per heavy atom. The van der Waals surface area contributed by atoms with Gasteiger partial charge in [-0.3, -0.25) is 14.4 Å². The number of carbonyl (C=O) groups is 4. The molecule has 0 aliphatic heterocycles. The lowest BCUT2D eigenvalue weighted by Crippen LogP contribution is -2.58. The summed E-state index contributed by atoms with van der Waals surface area (Å²) in [5.74, 6) is -3.48. The van der Waals surface area contributed by atoms with Crippen molar-refractivity contribution in [2.75, 3.05) is 5.75 Å². The molecule has 0 aliphatic carbocycles. The van der Waals surface area contributed by atoms with Crippen LogP contribution in [-0.2, 0) is 32.0 Å². The molecule has 0 saturated carbocycles. The molecule has 4 atom stereocenters. The fourth-order valence-corrected chi connectivity index (χ4v) is 3.55. The van der Waals surface area contributed by atoms with Crippen LogP contribution >= 0.6 is 12.6 Å². The number of imidazole rings is 1. The minimum Gasteiger partial charge on any atom is -0.480 e. The lowest BCUT2D eigenvalue weighted by Gasteiger charge is -2.25. The molecule has 0 fully saturated rings. The summed E-state index contributed by atoms with van der Waals surface area (Å²) >= 11 is 4.14. The molecule has 0 radical (unpaired) electrons. The minimum atomic E-state index is -1.18. The van der Waals surface area contributed by atoms with Crippen LogP contribution in [0.3, 0.4) is 0 Å². The van der Waals surface area contributed by atoms with E-state index in [9.17, 15) is 24.3 Å². The molecule has 12 heteroatoms. The number of aromatic amines is 1. The van der Waals surface area contributed by atoms with Crippen LogP contribution in [0.4, 0.5) is 0 Å². The molecule has 0 aliphatic rings. The highest BCUT2D eigenvalue weighted by Crippen LogP contribution is 2.07. The van der Waals surface area contributed by atoms with Crippen LogP contribution in [-0.4, -0.2) is 68.7 Å². The minimum absolute atomic E-state index is 0.0760. The van der Waals surface area contributed by atoms with Gasteiger partial charge in [-0.1, -0.05) is 44.2 Å². The van der Waals surface area contributed by atoms with Gasteiger partial charge in [0.2, 0.25) is 17.7 Å². The molecule has 1 heterocycles. The molecule has 0 saturated heterocycles. The standard InChI is InChI=1S/C23H32N6O5S/c1-13(2)19(23(33)34)29-22(32)18(11-35)28-21(31)17(8-14-6-4-3-5-7-14)27-20(30)16(24)9-15-10-25-12-26-15/h3-7,10,12-13,16-19,35H,8-9,11,24H2,1-2H3,(H,25,26)(H,27,30)(H,28,31)(H,29,32)(H,33,34). The lowest BCUT2D eigenvalue weighted by atomic mass is 10.0. The van der Waals surface area contributed by atoms with Gasteiger partial charge < -0.3 is 31.8 Å². The van der Waals surface area contributed by atoms with Crippen LogP contribution in [0.15, 0.2) is 42.9 Å². The first-order valence-corrected chi connectivity index (χ1v) is 11.8. The van der Waals surface area contributed by atoms with Crippen LogP contribution in [0.5, 0.6) is 0 Å². The van der Waals surface area contributed by atoms with E-state index in [1.165, 1.54) is 6.33 Å². The molecule has 2 rings (SSSR count). The number of aliphatic carboxylic acids is 1. The Balaban J connectivity index is 2.13. The molecular weight excluding hydrogens is 472 g/mol. The molecule has 1 aromatic carbocycles. The summed E-state index contributed by atoms with van der Waals surface area (Å²) in [4.78, 5) is 56.7. The number of amides is 3. The van der Waals surface area contributed by atoms with E-state index in [1.54, 1.807) is 44.3 Å². The van der Waals surface area contributed by atoms with Gasteiger partial charge in [0.15, 0.2) is 0 Å². The Morgan fingerprint density at radius 1 is 1.00 bits per heavy atom. The van der Waals surface area contributed by atoms with Gasteiger partial charge in [-0.05, 0) is 11.5 Å². The average molecular weight is 505 g/mol. The van der Waals surface area contributed by atoms with Gasteiger partial charge in [0.05, 0.1) is 12.4 Å². The van der Waals surface area contributed by atoms with Crippen LogP contribution in [0.25, 0.3) is 0 Å². The van der Waals surface area contributed by atoms with Crippen molar-refractivity contribution in [2.45, 2.75) is 50.9 Å². The third kappa shape index (κ3) is 8.72. The van der Waals surface area contributed by atoms with Crippen molar-refractivity contribution >= 4 is 36.3 Å². The number of hydrogen-bond donors (Lipinski definition) is 7. The molecule has 190 valence electrons. The van der Waals surface area contributed by atoms with Gasteiger partial charge in [0, 0.05) is 30.5 Å². The Bertz CT molecular complexity index is 986. The van der Waals surface area contributed by atoms with E-state index >= 15 is 0 Å². The Hall–Kier alpha value is -3.38. The van der Waals surface area contributed by atoms with Crippen LogP contribution < -0.4 is 21.7 Å².